The lowest BCUT2D eigenvalue weighted by atomic mass is 10.4. The lowest BCUT2D eigenvalue weighted by Gasteiger charge is -2.38. The summed E-state index contributed by atoms with van der Waals surface area (Å²) in [5.41, 5.74) is 0. The van der Waals surface area contributed by atoms with Crippen LogP contribution in [0.15, 0.2) is 70.5 Å². The molecule has 0 saturated carbocycles. The molecule has 0 aliphatic heterocycles. The van der Waals surface area contributed by atoms with Crippen LogP contribution in [0.5, 0.6) is 0 Å². The summed E-state index contributed by atoms with van der Waals surface area (Å²) in [7, 11) is -1.22. The molecule has 120 valence electrons. The zero-order valence-corrected chi connectivity index (χ0v) is 14.4. The van der Waals surface area contributed by atoms with Crippen LogP contribution in [0, 0.1) is 0 Å². The fraction of sp³-hybridized carbons (Fsp3) is 0.368. The average Bonchev–Trinajstić information content (AvgIpc) is 2.56. The highest BCUT2D eigenvalue weighted by Crippen LogP contribution is 2.59. The van der Waals surface area contributed by atoms with E-state index in [-0.39, 0.29) is 6.10 Å². The third-order valence-corrected chi connectivity index (χ3v) is 7.54. The number of aliphatic hydroxyl groups excluding tert-OH is 1. The third kappa shape index (κ3) is 4.35. The van der Waals surface area contributed by atoms with Gasteiger partial charge in [0.25, 0.3) is 0 Å². The van der Waals surface area contributed by atoms with Gasteiger partial charge in [0, 0.05) is 12.3 Å². The third-order valence-electron chi connectivity index (χ3n) is 3.86. The second-order valence-electron chi connectivity index (χ2n) is 5.74. The molecule has 0 radical (unpaired) electrons. The first-order valence-electron chi connectivity index (χ1n) is 7.92. The van der Waals surface area contributed by atoms with Gasteiger partial charge in [-0.25, -0.2) is 0 Å². The smallest absolute Gasteiger partial charge is 0.0746 e. The van der Waals surface area contributed by atoms with Gasteiger partial charge in [-0.2, -0.15) is 10.0 Å². The van der Waals surface area contributed by atoms with Crippen molar-refractivity contribution in [2.45, 2.75) is 29.2 Å². The molecule has 2 aromatic carbocycles. The van der Waals surface area contributed by atoms with Crippen molar-refractivity contribution >= 4 is 10.0 Å². The first kappa shape index (κ1) is 17.1. The molecule has 2 N–H and O–H groups in total. The Balaban J connectivity index is 2.23. The number of benzene rings is 2. The fourth-order valence-electron chi connectivity index (χ4n) is 2.66. The van der Waals surface area contributed by atoms with Crippen molar-refractivity contribution in [3.63, 3.8) is 0 Å². The summed E-state index contributed by atoms with van der Waals surface area (Å²) in [5.74, 6) is 0.789. The van der Waals surface area contributed by atoms with Gasteiger partial charge in [0.1, 0.15) is 0 Å². The highest BCUT2D eigenvalue weighted by Gasteiger charge is 2.26. The minimum absolute atomic E-state index is 0.327. The summed E-state index contributed by atoms with van der Waals surface area (Å²) in [6.45, 7) is 3.76. The first-order valence-corrected chi connectivity index (χ1v) is 10.1. The molecule has 2 nitrogen and oxygen atoms in total. The Bertz CT molecular complexity index is 504. The molecule has 0 aliphatic rings. The SMILES string of the molecule is CCCNCC(O)CS(C)(c1ccccc1)c1ccccc1. The molecule has 0 fully saturated rings. The summed E-state index contributed by atoms with van der Waals surface area (Å²) in [5, 5.41) is 13.8. The summed E-state index contributed by atoms with van der Waals surface area (Å²) in [6.07, 6.45) is 3.07. The van der Waals surface area contributed by atoms with Gasteiger partial charge in [0.05, 0.1) is 6.10 Å². The van der Waals surface area contributed by atoms with Crippen LogP contribution in [0.1, 0.15) is 13.3 Å². The van der Waals surface area contributed by atoms with Crippen LogP contribution in [0.25, 0.3) is 0 Å². The van der Waals surface area contributed by atoms with E-state index in [0.717, 1.165) is 18.7 Å². The molecule has 0 spiro atoms. The molecule has 3 heteroatoms. The topological polar surface area (TPSA) is 32.3 Å². The number of nitrogens with one attached hydrogen (secondary N) is 1. The maximum Gasteiger partial charge on any atom is 0.0746 e. The molecule has 22 heavy (non-hydrogen) atoms. The normalized spacial score (nSPS) is 13.8. The minimum Gasteiger partial charge on any atom is -0.391 e. The second kappa shape index (κ2) is 8.37. The van der Waals surface area contributed by atoms with Gasteiger partial charge in [-0.3, -0.25) is 0 Å². The van der Waals surface area contributed by atoms with Crippen molar-refractivity contribution in [1.29, 1.82) is 0 Å². The van der Waals surface area contributed by atoms with E-state index in [9.17, 15) is 5.11 Å². The molecule has 2 rings (SSSR count). The van der Waals surface area contributed by atoms with Crippen LogP contribution in [0.4, 0.5) is 0 Å². The van der Waals surface area contributed by atoms with Gasteiger partial charge in [-0.15, -0.1) is 0 Å². The standard InChI is InChI=1S/C19H27NOS/c1-3-14-20-15-17(21)16-22(2,18-10-6-4-7-11-18)19-12-8-5-9-13-19/h4-13,17,20-21H,3,14-16H2,1-2H3. The Morgan fingerprint density at radius 3 is 1.91 bits per heavy atom. The maximum absolute atomic E-state index is 10.5. The highest BCUT2D eigenvalue weighted by atomic mass is 32.3. The molecule has 0 aliphatic carbocycles. The molecular weight excluding hydrogens is 290 g/mol. The molecule has 1 atom stereocenters. The molecule has 0 aromatic heterocycles. The Hall–Kier alpha value is -1.29. The maximum atomic E-state index is 10.5. The summed E-state index contributed by atoms with van der Waals surface area (Å²) in [4.78, 5) is 2.66. The predicted molar refractivity (Wildman–Crippen MR) is 97.0 cm³/mol. The summed E-state index contributed by atoms with van der Waals surface area (Å²) < 4.78 is 0. The van der Waals surface area contributed by atoms with Crippen molar-refractivity contribution in [3.8, 4) is 0 Å². The molecule has 2 aromatic rings. The predicted octanol–water partition coefficient (Wildman–Crippen LogP) is 3.90. The second-order valence-corrected chi connectivity index (χ2v) is 9.19. The largest absolute Gasteiger partial charge is 0.391 e. The van der Waals surface area contributed by atoms with E-state index >= 15 is 0 Å². The van der Waals surface area contributed by atoms with E-state index in [1.54, 1.807) is 0 Å². The summed E-state index contributed by atoms with van der Waals surface area (Å²) >= 11 is 0. The fourth-order valence-corrected chi connectivity index (χ4v) is 5.72. The number of hydrogen-bond acceptors (Lipinski definition) is 2. The number of hydrogen-bond donors (Lipinski definition) is 2. The Morgan fingerprint density at radius 2 is 1.45 bits per heavy atom. The Labute approximate surface area is 135 Å². The van der Waals surface area contributed by atoms with Gasteiger partial charge in [-0.1, -0.05) is 43.3 Å². The van der Waals surface area contributed by atoms with E-state index in [1.807, 2.05) is 12.1 Å². The average molecular weight is 317 g/mol. The van der Waals surface area contributed by atoms with Crippen LogP contribution in [0.3, 0.4) is 0 Å². The first-order chi connectivity index (χ1) is 10.7. The Kier molecular flexibility index (Phi) is 6.49. The van der Waals surface area contributed by atoms with E-state index in [4.69, 9.17) is 0 Å². The van der Waals surface area contributed by atoms with Crippen molar-refractivity contribution < 1.29 is 5.11 Å². The van der Waals surface area contributed by atoms with Crippen LogP contribution in [0.2, 0.25) is 0 Å². The molecule has 0 heterocycles. The molecular formula is C19H27NOS. The summed E-state index contributed by atoms with van der Waals surface area (Å²) in [6, 6.07) is 21.2. The van der Waals surface area contributed by atoms with Crippen LogP contribution >= 0.6 is 10.0 Å². The highest BCUT2D eigenvalue weighted by molar-refractivity contribution is 8.33. The zero-order valence-electron chi connectivity index (χ0n) is 13.5. The lowest BCUT2D eigenvalue weighted by molar-refractivity contribution is 0.195. The van der Waals surface area contributed by atoms with Gasteiger partial charge in [0.2, 0.25) is 0 Å². The molecule has 1 unspecified atom stereocenters. The van der Waals surface area contributed by atoms with Crippen LogP contribution in [-0.4, -0.2) is 36.3 Å². The zero-order chi connectivity index (χ0) is 15.8. The van der Waals surface area contributed by atoms with Gasteiger partial charge < -0.3 is 10.4 Å². The van der Waals surface area contributed by atoms with Crippen molar-refractivity contribution in [1.82, 2.24) is 5.32 Å². The van der Waals surface area contributed by atoms with Crippen molar-refractivity contribution in [3.05, 3.63) is 60.7 Å². The van der Waals surface area contributed by atoms with Crippen molar-refractivity contribution in [2.24, 2.45) is 0 Å². The van der Waals surface area contributed by atoms with Crippen molar-refractivity contribution in [2.75, 3.05) is 25.1 Å². The van der Waals surface area contributed by atoms with E-state index < -0.39 is 10.0 Å². The van der Waals surface area contributed by atoms with Crippen LogP contribution in [-0.2, 0) is 0 Å². The van der Waals surface area contributed by atoms with E-state index in [2.05, 4.69) is 67.0 Å². The monoisotopic (exact) mass is 317 g/mol. The molecule has 0 amide bonds. The van der Waals surface area contributed by atoms with E-state index in [1.165, 1.54) is 9.79 Å². The number of aliphatic hydroxyl groups is 1. The quantitative estimate of drug-likeness (QED) is 0.724. The van der Waals surface area contributed by atoms with Gasteiger partial charge >= 0.3 is 0 Å². The minimum atomic E-state index is -1.22. The number of rotatable bonds is 8. The Morgan fingerprint density at radius 1 is 0.955 bits per heavy atom. The van der Waals surface area contributed by atoms with Gasteiger partial charge in [-0.05, 0) is 53.3 Å². The van der Waals surface area contributed by atoms with E-state index in [0.29, 0.717) is 6.54 Å². The molecule has 0 bridgehead atoms. The van der Waals surface area contributed by atoms with Crippen LogP contribution < -0.4 is 5.32 Å². The molecule has 0 saturated heterocycles. The lowest BCUT2D eigenvalue weighted by Crippen LogP contribution is -2.31. The van der Waals surface area contributed by atoms with Gasteiger partial charge in [0.15, 0.2) is 0 Å².